The normalized spacial score (nSPS) is 16.1. The molecule has 0 saturated carbocycles. The first-order valence-electron chi connectivity index (χ1n) is 7.75. The lowest BCUT2D eigenvalue weighted by atomic mass is 10.0. The molecule has 0 radical (unpaired) electrons. The number of nitrogens with zero attached hydrogens (tertiary/aromatic N) is 2. The maximum atomic E-state index is 4.09. The van der Waals surface area contributed by atoms with Gasteiger partial charge in [-0.1, -0.05) is 29.8 Å². The molecule has 2 aromatic rings. The molecule has 1 aromatic carbocycles. The molecule has 1 aliphatic heterocycles. The van der Waals surface area contributed by atoms with Gasteiger partial charge in [0.2, 0.25) is 0 Å². The van der Waals surface area contributed by atoms with Crippen LogP contribution in [0.15, 0.2) is 48.8 Å². The first kappa shape index (κ1) is 14.1. The molecule has 2 heterocycles. The average molecular weight is 281 g/mol. The first-order valence-corrected chi connectivity index (χ1v) is 7.75. The molecule has 0 amide bonds. The fraction of sp³-hybridized carbons (Fsp3) is 0.389. The fourth-order valence-corrected chi connectivity index (χ4v) is 2.86. The maximum absolute atomic E-state index is 4.09. The monoisotopic (exact) mass is 281 g/mol. The predicted molar refractivity (Wildman–Crippen MR) is 87.5 cm³/mol. The van der Waals surface area contributed by atoms with Crippen LogP contribution < -0.4 is 10.2 Å². The molecule has 0 aliphatic carbocycles. The van der Waals surface area contributed by atoms with E-state index >= 15 is 0 Å². The van der Waals surface area contributed by atoms with Crippen LogP contribution in [0.1, 0.15) is 24.0 Å². The van der Waals surface area contributed by atoms with Gasteiger partial charge in [0.15, 0.2) is 0 Å². The molecular weight excluding hydrogens is 258 g/mol. The van der Waals surface area contributed by atoms with Gasteiger partial charge in [0.05, 0.1) is 0 Å². The summed E-state index contributed by atoms with van der Waals surface area (Å²) in [4.78, 5) is 6.54. The molecule has 0 unspecified atom stereocenters. The Hall–Kier alpha value is -1.87. The van der Waals surface area contributed by atoms with E-state index in [0.717, 1.165) is 19.6 Å². The lowest BCUT2D eigenvalue weighted by Gasteiger charge is -2.34. The Morgan fingerprint density at radius 1 is 1.05 bits per heavy atom. The molecule has 1 N–H and O–H groups in total. The predicted octanol–water partition coefficient (Wildman–Crippen LogP) is 3.15. The van der Waals surface area contributed by atoms with Gasteiger partial charge in [-0.3, -0.25) is 4.98 Å². The first-order chi connectivity index (χ1) is 10.3. The third kappa shape index (κ3) is 3.82. The second-order valence-corrected chi connectivity index (χ2v) is 5.83. The number of anilines is 1. The second kappa shape index (κ2) is 6.72. The Balaban J connectivity index is 1.47. The van der Waals surface area contributed by atoms with E-state index in [-0.39, 0.29) is 0 Å². The van der Waals surface area contributed by atoms with Crippen LogP contribution in [0.5, 0.6) is 0 Å². The SMILES string of the molecule is Cc1ccc(CNC2CCN(c3ccncc3)CC2)cc1. The summed E-state index contributed by atoms with van der Waals surface area (Å²) in [6.45, 7) is 5.34. The van der Waals surface area contributed by atoms with E-state index < -0.39 is 0 Å². The minimum absolute atomic E-state index is 0.629. The van der Waals surface area contributed by atoms with Crippen LogP contribution in [-0.2, 0) is 6.54 Å². The third-order valence-corrected chi connectivity index (χ3v) is 4.24. The van der Waals surface area contributed by atoms with Gasteiger partial charge in [-0.15, -0.1) is 0 Å². The number of rotatable bonds is 4. The summed E-state index contributed by atoms with van der Waals surface area (Å²) in [6, 6.07) is 13.6. The van der Waals surface area contributed by atoms with E-state index in [1.165, 1.54) is 29.7 Å². The molecule has 3 nitrogen and oxygen atoms in total. The van der Waals surface area contributed by atoms with Crippen LogP contribution in [0.25, 0.3) is 0 Å². The summed E-state index contributed by atoms with van der Waals surface area (Å²) < 4.78 is 0. The van der Waals surface area contributed by atoms with Gasteiger partial charge in [-0.05, 0) is 37.5 Å². The summed E-state index contributed by atoms with van der Waals surface area (Å²) in [6.07, 6.45) is 6.15. The number of nitrogens with one attached hydrogen (secondary N) is 1. The van der Waals surface area contributed by atoms with Gasteiger partial charge in [-0.2, -0.15) is 0 Å². The third-order valence-electron chi connectivity index (χ3n) is 4.24. The van der Waals surface area contributed by atoms with Crippen molar-refractivity contribution < 1.29 is 0 Å². The van der Waals surface area contributed by atoms with Crippen molar-refractivity contribution in [1.29, 1.82) is 0 Å². The summed E-state index contributed by atoms with van der Waals surface area (Å²) in [7, 11) is 0. The summed E-state index contributed by atoms with van der Waals surface area (Å²) in [5.74, 6) is 0. The van der Waals surface area contributed by atoms with Gasteiger partial charge in [0.1, 0.15) is 0 Å². The molecule has 0 spiro atoms. The van der Waals surface area contributed by atoms with Crippen LogP contribution in [0.3, 0.4) is 0 Å². The Labute approximate surface area is 127 Å². The number of pyridine rings is 1. The van der Waals surface area contributed by atoms with Crippen molar-refractivity contribution in [1.82, 2.24) is 10.3 Å². The Morgan fingerprint density at radius 3 is 2.38 bits per heavy atom. The van der Waals surface area contributed by atoms with Gasteiger partial charge in [0, 0.05) is 43.8 Å². The van der Waals surface area contributed by atoms with E-state index in [9.17, 15) is 0 Å². The largest absolute Gasteiger partial charge is 0.371 e. The van der Waals surface area contributed by atoms with Gasteiger partial charge in [-0.25, -0.2) is 0 Å². The molecule has 21 heavy (non-hydrogen) atoms. The standard InChI is InChI=1S/C18H23N3/c1-15-2-4-16(5-3-15)14-20-17-8-12-21(13-9-17)18-6-10-19-11-7-18/h2-7,10-11,17,20H,8-9,12-14H2,1H3. The van der Waals surface area contributed by atoms with Crippen LogP contribution >= 0.6 is 0 Å². The number of hydrogen-bond acceptors (Lipinski definition) is 3. The van der Waals surface area contributed by atoms with Crippen molar-refractivity contribution in [2.75, 3.05) is 18.0 Å². The highest BCUT2D eigenvalue weighted by molar-refractivity contribution is 5.44. The molecule has 0 atom stereocenters. The topological polar surface area (TPSA) is 28.2 Å². The second-order valence-electron chi connectivity index (χ2n) is 5.83. The minimum atomic E-state index is 0.629. The molecule has 1 saturated heterocycles. The van der Waals surface area contributed by atoms with Gasteiger partial charge < -0.3 is 10.2 Å². The Morgan fingerprint density at radius 2 is 1.71 bits per heavy atom. The van der Waals surface area contributed by atoms with Crippen molar-refractivity contribution >= 4 is 5.69 Å². The number of hydrogen-bond donors (Lipinski definition) is 1. The highest BCUT2D eigenvalue weighted by atomic mass is 15.1. The van der Waals surface area contributed by atoms with E-state index in [2.05, 4.69) is 58.5 Å². The Bertz CT molecular complexity index is 542. The summed E-state index contributed by atoms with van der Waals surface area (Å²) >= 11 is 0. The number of aryl methyl sites for hydroxylation is 1. The van der Waals surface area contributed by atoms with E-state index in [1.54, 1.807) is 0 Å². The lowest BCUT2D eigenvalue weighted by Crippen LogP contribution is -2.42. The van der Waals surface area contributed by atoms with Crippen LogP contribution in [-0.4, -0.2) is 24.1 Å². The van der Waals surface area contributed by atoms with Crippen LogP contribution in [0.4, 0.5) is 5.69 Å². The van der Waals surface area contributed by atoms with Gasteiger partial charge >= 0.3 is 0 Å². The molecule has 1 aliphatic rings. The Kier molecular flexibility index (Phi) is 4.51. The number of piperidine rings is 1. The maximum Gasteiger partial charge on any atom is 0.0397 e. The highest BCUT2D eigenvalue weighted by Crippen LogP contribution is 2.19. The quantitative estimate of drug-likeness (QED) is 0.933. The van der Waals surface area contributed by atoms with Crippen molar-refractivity contribution in [3.8, 4) is 0 Å². The molecule has 3 heteroatoms. The molecular formula is C18H23N3. The lowest BCUT2D eigenvalue weighted by molar-refractivity contribution is 0.414. The molecule has 1 fully saturated rings. The molecule has 1 aromatic heterocycles. The van der Waals surface area contributed by atoms with Crippen molar-refractivity contribution in [2.45, 2.75) is 32.4 Å². The molecule has 3 rings (SSSR count). The zero-order valence-electron chi connectivity index (χ0n) is 12.6. The smallest absolute Gasteiger partial charge is 0.0397 e. The molecule has 110 valence electrons. The zero-order valence-corrected chi connectivity index (χ0v) is 12.6. The number of benzene rings is 1. The number of aromatic nitrogens is 1. The fourth-order valence-electron chi connectivity index (χ4n) is 2.86. The zero-order chi connectivity index (χ0) is 14.5. The van der Waals surface area contributed by atoms with Gasteiger partial charge in [0.25, 0.3) is 0 Å². The summed E-state index contributed by atoms with van der Waals surface area (Å²) in [5, 5.41) is 3.69. The van der Waals surface area contributed by atoms with Crippen LogP contribution in [0, 0.1) is 6.92 Å². The van der Waals surface area contributed by atoms with E-state index in [4.69, 9.17) is 0 Å². The van der Waals surface area contributed by atoms with Crippen molar-refractivity contribution in [2.24, 2.45) is 0 Å². The molecule has 0 bridgehead atoms. The van der Waals surface area contributed by atoms with Crippen molar-refractivity contribution in [3.05, 3.63) is 59.9 Å². The summed E-state index contributed by atoms with van der Waals surface area (Å²) in [5.41, 5.74) is 3.99. The van der Waals surface area contributed by atoms with Crippen LogP contribution in [0.2, 0.25) is 0 Å². The minimum Gasteiger partial charge on any atom is -0.371 e. The highest BCUT2D eigenvalue weighted by Gasteiger charge is 2.18. The average Bonchev–Trinajstić information content (AvgIpc) is 2.56. The van der Waals surface area contributed by atoms with E-state index in [0.29, 0.717) is 6.04 Å². The van der Waals surface area contributed by atoms with Crippen molar-refractivity contribution in [3.63, 3.8) is 0 Å². The van der Waals surface area contributed by atoms with E-state index in [1.807, 2.05) is 12.4 Å².